The van der Waals surface area contributed by atoms with Crippen LogP contribution in [0.25, 0.3) is 0 Å². The molecule has 0 fully saturated rings. The van der Waals surface area contributed by atoms with Gasteiger partial charge in [-0.05, 0) is 64.2 Å². The van der Waals surface area contributed by atoms with Gasteiger partial charge in [-0.15, -0.1) is 0 Å². The number of ether oxygens (including phenoxy) is 2. The fourth-order valence-corrected chi connectivity index (χ4v) is 6.47. The molecule has 0 aromatic carbocycles. The second-order valence-corrected chi connectivity index (χ2v) is 15.8. The van der Waals surface area contributed by atoms with Gasteiger partial charge in [-0.1, -0.05) is 141 Å². The van der Waals surface area contributed by atoms with Crippen molar-refractivity contribution >= 4 is 22.1 Å². The minimum absolute atomic E-state index is 0.0659. The average molecular weight is 742 g/mol. The van der Waals surface area contributed by atoms with Crippen molar-refractivity contribution in [3.8, 4) is 0 Å². The molecule has 0 spiro atoms. The molecule has 0 aliphatic rings. The van der Waals surface area contributed by atoms with Gasteiger partial charge in [-0.2, -0.15) is 8.42 Å². The number of hydrogen-bond acceptors (Lipinski definition) is 7. The largest absolute Gasteiger partial charge is 0.464 e. The molecule has 0 saturated heterocycles. The second kappa shape index (κ2) is 38.0. The van der Waals surface area contributed by atoms with Crippen molar-refractivity contribution in [3.63, 3.8) is 0 Å². The summed E-state index contributed by atoms with van der Waals surface area (Å²) in [5, 5.41) is 0. The summed E-state index contributed by atoms with van der Waals surface area (Å²) in [6, 6.07) is 0. The van der Waals surface area contributed by atoms with Crippen LogP contribution in [-0.2, 0) is 29.2 Å². The maximum atomic E-state index is 12.2. The molecule has 0 radical (unpaired) electrons. The fourth-order valence-electron chi connectivity index (χ4n) is 5.98. The van der Waals surface area contributed by atoms with E-state index in [-0.39, 0.29) is 31.7 Å². The summed E-state index contributed by atoms with van der Waals surface area (Å²) >= 11 is 0. The predicted molar refractivity (Wildman–Crippen MR) is 214 cm³/mol. The highest BCUT2D eigenvalue weighted by Crippen LogP contribution is 2.12. The lowest BCUT2D eigenvalue weighted by molar-refractivity contribution is -0.144. The number of hydrogen-bond donors (Lipinski definition) is 1. The van der Waals surface area contributed by atoms with E-state index in [1.54, 1.807) is 4.90 Å². The Morgan fingerprint density at radius 1 is 0.490 bits per heavy atom. The van der Waals surface area contributed by atoms with E-state index < -0.39 is 15.9 Å². The second-order valence-electron chi connectivity index (χ2n) is 14.2. The zero-order chi connectivity index (χ0) is 37.5. The summed E-state index contributed by atoms with van der Waals surface area (Å²) in [7, 11) is -4.13. The summed E-state index contributed by atoms with van der Waals surface area (Å²) < 4.78 is 42.5. The average Bonchev–Trinajstić information content (AvgIpc) is 3.10. The molecule has 0 atom stereocenters. The highest BCUT2D eigenvalue weighted by molar-refractivity contribution is 7.85. The fraction of sp³-hybridized carbons (Fsp3) is 0.857. The van der Waals surface area contributed by atoms with Crippen molar-refractivity contribution in [2.75, 3.05) is 38.6 Å². The van der Waals surface area contributed by atoms with Crippen LogP contribution in [0.3, 0.4) is 0 Å². The van der Waals surface area contributed by atoms with Gasteiger partial charge in [0.2, 0.25) is 0 Å². The Balaban J connectivity index is 3.91. The lowest BCUT2D eigenvalue weighted by Crippen LogP contribution is -2.35. The van der Waals surface area contributed by atoms with Crippen LogP contribution in [0, 0.1) is 0 Å². The van der Waals surface area contributed by atoms with E-state index in [1.807, 2.05) is 0 Å². The monoisotopic (exact) mass is 742 g/mol. The maximum absolute atomic E-state index is 12.2. The molecule has 0 unspecified atom stereocenters. The number of allylic oxidation sites excluding steroid dienone is 4. The molecule has 0 bridgehead atoms. The molecule has 0 aromatic heterocycles. The third kappa shape index (κ3) is 40.9. The molecule has 0 rings (SSSR count). The van der Waals surface area contributed by atoms with Gasteiger partial charge < -0.3 is 9.47 Å². The zero-order valence-electron chi connectivity index (χ0n) is 33.1. The van der Waals surface area contributed by atoms with Gasteiger partial charge >= 0.3 is 11.9 Å². The van der Waals surface area contributed by atoms with Crippen LogP contribution in [0.5, 0.6) is 0 Å². The number of rotatable bonds is 39. The van der Waals surface area contributed by atoms with Gasteiger partial charge in [0.15, 0.2) is 0 Å². The number of unbranched alkanes of at least 4 members (excludes halogenated alkanes) is 22. The summed E-state index contributed by atoms with van der Waals surface area (Å²) in [6.07, 6.45) is 41.2. The number of carbonyl (C=O) groups is 2. The Morgan fingerprint density at radius 2 is 0.804 bits per heavy atom. The molecule has 0 amide bonds. The summed E-state index contributed by atoms with van der Waals surface area (Å²) in [5.41, 5.74) is 0. The first-order valence-corrected chi connectivity index (χ1v) is 22.7. The van der Waals surface area contributed by atoms with Crippen molar-refractivity contribution < 1.29 is 32.0 Å². The van der Waals surface area contributed by atoms with Crippen molar-refractivity contribution in [2.45, 2.75) is 194 Å². The van der Waals surface area contributed by atoms with Crippen molar-refractivity contribution in [3.05, 3.63) is 24.3 Å². The van der Waals surface area contributed by atoms with Crippen molar-refractivity contribution in [2.24, 2.45) is 0 Å². The zero-order valence-corrected chi connectivity index (χ0v) is 33.9. The summed E-state index contributed by atoms with van der Waals surface area (Å²) in [5.74, 6) is -0.943. The van der Waals surface area contributed by atoms with E-state index in [2.05, 4.69) is 38.2 Å². The Hall–Kier alpha value is -1.71. The van der Waals surface area contributed by atoms with Crippen LogP contribution < -0.4 is 0 Å². The molecule has 1 N–H and O–H groups in total. The standard InChI is InChI=1S/C42H79NO7S/c1-3-5-7-9-11-13-15-17-19-21-23-25-27-29-31-33-41(44)49-38-35-43(37-40-51(46,47)48)36-39-50-42(45)34-32-30-28-26-24-22-20-18-16-14-12-10-8-6-4-2/h17-20H,3-16,21-40H2,1-2H3,(H,46,47,48)/b19-17-,20-18-. The maximum Gasteiger partial charge on any atom is 0.305 e. The molecule has 0 aliphatic heterocycles. The molecule has 9 heteroatoms. The van der Waals surface area contributed by atoms with Gasteiger partial charge in [-0.3, -0.25) is 19.0 Å². The normalized spacial score (nSPS) is 12.1. The Kier molecular flexibility index (Phi) is 36.8. The predicted octanol–water partition coefficient (Wildman–Crippen LogP) is 11.3. The molecule has 0 saturated carbocycles. The van der Waals surface area contributed by atoms with E-state index in [0.717, 1.165) is 51.4 Å². The number of nitrogens with zero attached hydrogens (tertiary/aromatic N) is 1. The number of carbonyl (C=O) groups excluding carboxylic acids is 2. The molecule has 51 heavy (non-hydrogen) atoms. The first-order valence-electron chi connectivity index (χ1n) is 21.1. The van der Waals surface area contributed by atoms with Crippen LogP contribution in [0.4, 0.5) is 0 Å². The Labute approximate surface area is 314 Å². The molecular formula is C42H79NO7S. The molecule has 0 aromatic rings. The minimum Gasteiger partial charge on any atom is -0.464 e. The van der Waals surface area contributed by atoms with Gasteiger partial charge in [0.05, 0.1) is 5.75 Å². The smallest absolute Gasteiger partial charge is 0.305 e. The van der Waals surface area contributed by atoms with E-state index in [0.29, 0.717) is 25.9 Å². The van der Waals surface area contributed by atoms with E-state index in [4.69, 9.17) is 9.47 Å². The van der Waals surface area contributed by atoms with E-state index in [1.165, 1.54) is 116 Å². The van der Waals surface area contributed by atoms with Crippen LogP contribution in [0.1, 0.15) is 194 Å². The van der Waals surface area contributed by atoms with Crippen LogP contribution in [0.15, 0.2) is 24.3 Å². The van der Waals surface area contributed by atoms with Crippen molar-refractivity contribution in [1.82, 2.24) is 4.90 Å². The van der Waals surface area contributed by atoms with Gasteiger partial charge in [0.25, 0.3) is 10.1 Å². The molecular weight excluding hydrogens is 663 g/mol. The van der Waals surface area contributed by atoms with Gasteiger partial charge in [0, 0.05) is 32.5 Å². The van der Waals surface area contributed by atoms with Crippen molar-refractivity contribution in [1.29, 1.82) is 0 Å². The SMILES string of the molecule is CCCCCCCC/C=C\CCCCCCCC(=O)OCCN(CCOC(=O)CCCCCCC/C=C\CCCCCCCC)CCS(=O)(=O)O. The first kappa shape index (κ1) is 49.3. The van der Waals surface area contributed by atoms with Crippen LogP contribution in [-0.4, -0.2) is 68.4 Å². The lowest BCUT2D eigenvalue weighted by atomic mass is 10.1. The summed E-state index contributed by atoms with van der Waals surface area (Å²) in [4.78, 5) is 26.1. The van der Waals surface area contributed by atoms with E-state index >= 15 is 0 Å². The first-order chi connectivity index (χ1) is 24.8. The lowest BCUT2D eigenvalue weighted by Gasteiger charge is -2.21. The quantitative estimate of drug-likeness (QED) is 0.0287. The Morgan fingerprint density at radius 3 is 1.14 bits per heavy atom. The third-order valence-electron chi connectivity index (χ3n) is 9.29. The highest BCUT2D eigenvalue weighted by atomic mass is 32.2. The Bertz CT molecular complexity index is 893. The number of esters is 2. The minimum atomic E-state index is -4.13. The summed E-state index contributed by atoms with van der Waals surface area (Å²) in [6.45, 7) is 5.42. The topological polar surface area (TPSA) is 110 Å². The van der Waals surface area contributed by atoms with E-state index in [9.17, 15) is 22.6 Å². The van der Waals surface area contributed by atoms with Gasteiger partial charge in [0.1, 0.15) is 13.2 Å². The van der Waals surface area contributed by atoms with Gasteiger partial charge in [-0.25, -0.2) is 0 Å². The third-order valence-corrected chi connectivity index (χ3v) is 9.99. The van der Waals surface area contributed by atoms with Crippen LogP contribution >= 0.6 is 0 Å². The molecule has 0 heterocycles. The highest BCUT2D eigenvalue weighted by Gasteiger charge is 2.13. The molecule has 8 nitrogen and oxygen atoms in total. The molecule has 0 aliphatic carbocycles. The molecule has 300 valence electrons. The van der Waals surface area contributed by atoms with Crippen LogP contribution in [0.2, 0.25) is 0 Å².